The molecule has 0 unspecified atom stereocenters. The zero-order valence-corrected chi connectivity index (χ0v) is 15.3. The second kappa shape index (κ2) is 7.17. The zero-order valence-electron chi connectivity index (χ0n) is 15.3. The van der Waals surface area contributed by atoms with Gasteiger partial charge in [0, 0.05) is 33.3 Å². The standard InChI is InChI=1S/C18H27N3O4/c1-13-12-15(14(2)25-13)16(22)20-8-10-21(11-9-20)17(23)18(24-3)4-6-19-7-5-18/h12,19H,4-11H2,1-3H3. The van der Waals surface area contributed by atoms with Crippen molar-refractivity contribution in [2.24, 2.45) is 0 Å². The Hall–Kier alpha value is -1.86. The van der Waals surface area contributed by atoms with Gasteiger partial charge in [0.2, 0.25) is 0 Å². The van der Waals surface area contributed by atoms with E-state index in [9.17, 15) is 9.59 Å². The van der Waals surface area contributed by atoms with Crippen LogP contribution in [0.1, 0.15) is 34.7 Å². The number of aryl methyl sites for hydroxylation is 2. The summed E-state index contributed by atoms with van der Waals surface area (Å²) in [6, 6.07) is 1.78. The largest absolute Gasteiger partial charge is 0.466 e. The molecule has 25 heavy (non-hydrogen) atoms. The molecule has 0 atom stereocenters. The summed E-state index contributed by atoms with van der Waals surface area (Å²) < 4.78 is 11.1. The van der Waals surface area contributed by atoms with E-state index in [4.69, 9.17) is 9.15 Å². The van der Waals surface area contributed by atoms with Gasteiger partial charge in [0.1, 0.15) is 17.1 Å². The third-order valence-corrected chi connectivity index (χ3v) is 5.32. The van der Waals surface area contributed by atoms with Gasteiger partial charge in [-0.3, -0.25) is 9.59 Å². The van der Waals surface area contributed by atoms with Gasteiger partial charge in [-0.15, -0.1) is 0 Å². The smallest absolute Gasteiger partial charge is 0.257 e. The molecule has 1 aromatic heterocycles. The van der Waals surface area contributed by atoms with Crippen LogP contribution in [-0.2, 0) is 9.53 Å². The van der Waals surface area contributed by atoms with Crippen LogP contribution in [0.2, 0.25) is 0 Å². The Morgan fingerprint density at radius 2 is 1.72 bits per heavy atom. The van der Waals surface area contributed by atoms with Crippen molar-refractivity contribution in [3.8, 4) is 0 Å². The zero-order chi connectivity index (χ0) is 18.0. The summed E-state index contributed by atoms with van der Waals surface area (Å²) in [5, 5.41) is 3.27. The Morgan fingerprint density at radius 3 is 2.24 bits per heavy atom. The molecule has 3 heterocycles. The van der Waals surface area contributed by atoms with E-state index >= 15 is 0 Å². The van der Waals surface area contributed by atoms with Crippen LogP contribution in [0.3, 0.4) is 0 Å². The Morgan fingerprint density at radius 1 is 1.12 bits per heavy atom. The molecular formula is C18H27N3O4. The summed E-state index contributed by atoms with van der Waals surface area (Å²) in [4.78, 5) is 29.3. The van der Waals surface area contributed by atoms with Crippen LogP contribution in [0.5, 0.6) is 0 Å². The van der Waals surface area contributed by atoms with E-state index in [2.05, 4.69) is 5.32 Å². The second-order valence-electron chi connectivity index (χ2n) is 6.86. The van der Waals surface area contributed by atoms with Crippen molar-refractivity contribution < 1.29 is 18.7 Å². The molecule has 0 aliphatic carbocycles. The lowest BCUT2D eigenvalue weighted by Gasteiger charge is -2.42. The van der Waals surface area contributed by atoms with Crippen molar-refractivity contribution in [3.63, 3.8) is 0 Å². The molecule has 0 radical (unpaired) electrons. The van der Waals surface area contributed by atoms with Crippen molar-refractivity contribution >= 4 is 11.8 Å². The number of nitrogens with zero attached hydrogens (tertiary/aromatic N) is 2. The van der Waals surface area contributed by atoms with Crippen LogP contribution in [0, 0.1) is 13.8 Å². The topological polar surface area (TPSA) is 75.0 Å². The van der Waals surface area contributed by atoms with Crippen LogP contribution < -0.4 is 5.32 Å². The minimum absolute atomic E-state index is 0.0234. The van der Waals surface area contributed by atoms with Crippen LogP contribution in [-0.4, -0.2) is 73.6 Å². The maximum atomic E-state index is 13.0. The number of nitrogens with one attached hydrogen (secondary N) is 1. The molecule has 2 aliphatic heterocycles. The number of rotatable bonds is 3. The lowest BCUT2D eigenvalue weighted by molar-refractivity contribution is -0.159. The first kappa shape index (κ1) is 17.9. The third-order valence-electron chi connectivity index (χ3n) is 5.32. The number of amides is 2. The first-order valence-electron chi connectivity index (χ1n) is 8.88. The number of hydrogen-bond donors (Lipinski definition) is 1. The Labute approximate surface area is 148 Å². The van der Waals surface area contributed by atoms with Crippen molar-refractivity contribution in [3.05, 3.63) is 23.2 Å². The average molecular weight is 349 g/mol. The molecule has 2 amide bonds. The van der Waals surface area contributed by atoms with Gasteiger partial charge in [0.15, 0.2) is 0 Å². The molecule has 0 saturated carbocycles. The van der Waals surface area contributed by atoms with Crippen LogP contribution in [0.25, 0.3) is 0 Å². The number of furan rings is 1. The van der Waals surface area contributed by atoms with E-state index in [0.29, 0.717) is 50.3 Å². The number of piperazine rings is 1. The minimum Gasteiger partial charge on any atom is -0.466 e. The van der Waals surface area contributed by atoms with Gasteiger partial charge < -0.3 is 24.3 Å². The molecule has 1 N–H and O–H groups in total. The fraction of sp³-hybridized carbons (Fsp3) is 0.667. The highest BCUT2D eigenvalue weighted by Crippen LogP contribution is 2.26. The van der Waals surface area contributed by atoms with Gasteiger partial charge in [-0.05, 0) is 45.8 Å². The average Bonchev–Trinajstić information content (AvgIpc) is 2.99. The van der Waals surface area contributed by atoms with Gasteiger partial charge in [-0.1, -0.05) is 0 Å². The van der Waals surface area contributed by atoms with Gasteiger partial charge in [0.05, 0.1) is 5.56 Å². The second-order valence-corrected chi connectivity index (χ2v) is 6.86. The highest BCUT2D eigenvalue weighted by atomic mass is 16.5. The van der Waals surface area contributed by atoms with E-state index in [1.807, 2.05) is 11.8 Å². The maximum Gasteiger partial charge on any atom is 0.257 e. The normalized spacial score (nSPS) is 20.6. The number of hydrogen-bond acceptors (Lipinski definition) is 5. The molecule has 2 saturated heterocycles. The minimum atomic E-state index is -0.713. The Balaban J connectivity index is 1.62. The summed E-state index contributed by atoms with van der Waals surface area (Å²) in [6.07, 6.45) is 1.38. The molecule has 2 aliphatic rings. The highest BCUT2D eigenvalue weighted by molar-refractivity contribution is 5.95. The first-order valence-corrected chi connectivity index (χ1v) is 8.88. The van der Waals surface area contributed by atoms with Crippen molar-refractivity contribution in [1.82, 2.24) is 15.1 Å². The molecule has 1 aromatic rings. The van der Waals surface area contributed by atoms with Crippen molar-refractivity contribution in [2.75, 3.05) is 46.4 Å². The lowest BCUT2D eigenvalue weighted by atomic mass is 9.90. The third kappa shape index (κ3) is 3.43. The summed E-state index contributed by atoms with van der Waals surface area (Å²) >= 11 is 0. The molecule has 7 nitrogen and oxygen atoms in total. The van der Waals surface area contributed by atoms with Gasteiger partial charge >= 0.3 is 0 Å². The Bertz CT molecular complexity index is 641. The summed E-state index contributed by atoms with van der Waals surface area (Å²) in [5.74, 6) is 1.42. The van der Waals surface area contributed by atoms with Gasteiger partial charge in [-0.2, -0.15) is 0 Å². The SMILES string of the molecule is COC1(C(=O)N2CCN(C(=O)c3cc(C)oc3C)CC2)CCNCC1. The van der Waals surface area contributed by atoms with Crippen molar-refractivity contribution in [2.45, 2.75) is 32.3 Å². The summed E-state index contributed by atoms with van der Waals surface area (Å²) in [6.45, 7) is 7.37. The fourth-order valence-electron chi connectivity index (χ4n) is 3.75. The predicted molar refractivity (Wildman–Crippen MR) is 92.5 cm³/mol. The fourth-order valence-corrected chi connectivity index (χ4v) is 3.75. The monoisotopic (exact) mass is 349 g/mol. The van der Waals surface area contributed by atoms with E-state index in [1.165, 1.54) is 0 Å². The molecule has 138 valence electrons. The molecule has 0 bridgehead atoms. The molecule has 2 fully saturated rings. The molecular weight excluding hydrogens is 322 g/mol. The predicted octanol–water partition coefficient (Wildman–Crippen LogP) is 0.949. The quantitative estimate of drug-likeness (QED) is 0.879. The van der Waals surface area contributed by atoms with E-state index in [0.717, 1.165) is 18.8 Å². The Kier molecular flexibility index (Phi) is 5.15. The number of ether oxygens (including phenoxy) is 1. The van der Waals surface area contributed by atoms with Gasteiger partial charge in [-0.25, -0.2) is 0 Å². The maximum absolute atomic E-state index is 13.0. The van der Waals surface area contributed by atoms with Crippen LogP contribution in [0.4, 0.5) is 0 Å². The first-order chi connectivity index (χ1) is 12.0. The lowest BCUT2D eigenvalue weighted by Crippen LogP contribution is -2.59. The molecule has 7 heteroatoms. The summed E-state index contributed by atoms with van der Waals surface area (Å²) in [7, 11) is 1.62. The highest BCUT2D eigenvalue weighted by Gasteiger charge is 2.43. The number of carbonyl (C=O) groups excluding carboxylic acids is 2. The van der Waals surface area contributed by atoms with Crippen LogP contribution >= 0.6 is 0 Å². The van der Waals surface area contributed by atoms with E-state index in [1.54, 1.807) is 25.0 Å². The van der Waals surface area contributed by atoms with Gasteiger partial charge in [0.25, 0.3) is 11.8 Å². The van der Waals surface area contributed by atoms with E-state index < -0.39 is 5.60 Å². The van der Waals surface area contributed by atoms with Crippen LogP contribution in [0.15, 0.2) is 10.5 Å². The number of carbonyl (C=O) groups is 2. The summed E-state index contributed by atoms with van der Waals surface area (Å²) in [5.41, 5.74) is -0.0978. The number of piperidine rings is 1. The molecule has 0 aromatic carbocycles. The van der Waals surface area contributed by atoms with Crippen molar-refractivity contribution in [1.29, 1.82) is 0 Å². The number of methoxy groups -OCH3 is 1. The molecule has 0 spiro atoms. The van der Waals surface area contributed by atoms with E-state index in [-0.39, 0.29) is 11.8 Å². The molecule has 3 rings (SSSR count).